The molecule has 1 heterocycles. The van der Waals surface area contributed by atoms with Crippen molar-refractivity contribution in [1.29, 1.82) is 0 Å². The van der Waals surface area contributed by atoms with E-state index in [0.29, 0.717) is 0 Å². The Morgan fingerprint density at radius 3 is 2.06 bits per heavy atom. The third-order valence-electron chi connectivity index (χ3n) is 6.90. The summed E-state index contributed by atoms with van der Waals surface area (Å²) in [5, 5.41) is 3.99. The van der Waals surface area contributed by atoms with Crippen molar-refractivity contribution in [2.24, 2.45) is 4.99 Å². The first-order valence-electron chi connectivity index (χ1n) is 12.0. The second kappa shape index (κ2) is 8.85. The second-order valence-electron chi connectivity index (χ2n) is 9.30. The minimum absolute atomic E-state index is 0.0954. The minimum Gasteiger partial charge on any atom is -0.471 e. The number of nitrogens with zero attached hydrogens (tertiary/aromatic N) is 1. The molecule has 0 amide bonds. The molecule has 0 aromatic heterocycles. The predicted molar refractivity (Wildman–Crippen MR) is 144 cm³/mol. The van der Waals surface area contributed by atoms with E-state index in [1.165, 1.54) is 38.2 Å². The number of aryl methyl sites for hydroxylation is 3. The summed E-state index contributed by atoms with van der Waals surface area (Å²) in [5.41, 5.74) is 6.42. The number of ether oxygens (including phenoxy) is 1. The molecule has 0 fully saturated rings. The van der Waals surface area contributed by atoms with Crippen LogP contribution in [-0.4, -0.2) is 12.0 Å². The second-order valence-corrected chi connectivity index (χ2v) is 11.5. The molecule has 0 spiro atoms. The molecule has 0 bridgehead atoms. The summed E-state index contributed by atoms with van der Waals surface area (Å²) in [5.74, 6) is 0.800. The summed E-state index contributed by atoms with van der Waals surface area (Å²) in [7, 11) is -0.743. The van der Waals surface area contributed by atoms with E-state index in [4.69, 9.17) is 9.73 Å². The Hall–Kier alpha value is -3.22. The fourth-order valence-corrected chi connectivity index (χ4v) is 7.48. The van der Waals surface area contributed by atoms with E-state index >= 15 is 0 Å². The molecular weight excluding hydrogens is 433 g/mol. The van der Waals surface area contributed by atoms with Crippen LogP contribution < -0.4 is 15.9 Å². The van der Waals surface area contributed by atoms with Crippen molar-refractivity contribution in [2.45, 2.75) is 38.8 Å². The van der Waals surface area contributed by atoms with E-state index in [-0.39, 0.29) is 12.1 Å². The Labute approximate surface area is 203 Å². The average molecular weight is 462 g/mol. The standard InChI is InChI=1S/C31H28NOP/c1-21-11-16-24(17-12-21)34(25-18-13-22(2)14-19-25)29-10-6-5-9-27(29)31-32-30-26-8-4-3-7-23(26)15-20-28(30)33-31/h3-14,16-19,28,30H,15,20H2,1-2H3/t28-,30+/m0/s1. The molecule has 3 heteroatoms. The first kappa shape index (κ1) is 21.3. The molecule has 0 saturated heterocycles. The van der Waals surface area contributed by atoms with E-state index in [1.807, 2.05) is 0 Å². The molecular formula is C31H28NOP. The quantitative estimate of drug-likeness (QED) is 0.347. The van der Waals surface area contributed by atoms with E-state index in [9.17, 15) is 0 Å². The van der Waals surface area contributed by atoms with E-state index in [0.717, 1.165) is 24.3 Å². The zero-order valence-corrected chi connectivity index (χ0v) is 20.5. The number of aliphatic imine (C=N–C) groups is 1. The van der Waals surface area contributed by atoms with Crippen LogP contribution in [0.4, 0.5) is 0 Å². The van der Waals surface area contributed by atoms with Gasteiger partial charge in [0.25, 0.3) is 0 Å². The van der Waals surface area contributed by atoms with Gasteiger partial charge in [-0.1, -0.05) is 102 Å². The lowest BCUT2D eigenvalue weighted by Crippen LogP contribution is -2.27. The highest BCUT2D eigenvalue weighted by Crippen LogP contribution is 2.41. The minimum atomic E-state index is -0.743. The third-order valence-corrected chi connectivity index (χ3v) is 9.40. The van der Waals surface area contributed by atoms with Gasteiger partial charge in [0.05, 0.1) is 0 Å². The number of benzene rings is 4. The fourth-order valence-electron chi connectivity index (χ4n) is 5.08. The van der Waals surface area contributed by atoms with Crippen molar-refractivity contribution in [3.8, 4) is 0 Å². The molecule has 168 valence electrons. The van der Waals surface area contributed by atoms with Gasteiger partial charge in [0, 0.05) is 5.56 Å². The Morgan fingerprint density at radius 2 is 1.35 bits per heavy atom. The third kappa shape index (κ3) is 3.87. The lowest BCUT2D eigenvalue weighted by Gasteiger charge is -2.25. The lowest BCUT2D eigenvalue weighted by atomic mass is 9.86. The van der Waals surface area contributed by atoms with Gasteiger partial charge in [0.15, 0.2) is 0 Å². The maximum absolute atomic E-state index is 6.57. The van der Waals surface area contributed by atoms with Gasteiger partial charge in [-0.25, -0.2) is 4.99 Å². The van der Waals surface area contributed by atoms with Gasteiger partial charge in [0.1, 0.15) is 12.1 Å². The number of hydrogen-bond donors (Lipinski definition) is 0. The summed E-state index contributed by atoms with van der Waals surface area (Å²) >= 11 is 0. The van der Waals surface area contributed by atoms with E-state index < -0.39 is 7.92 Å². The van der Waals surface area contributed by atoms with Gasteiger partial charge < -0.3 is 4.74 Å². The molecule has 0 radical (unpaired) electrons. The fraction of sp³-hybridized carbons (Fsp3) is 0.194. The normalized spacial score (nSPS) is 18.7. The highest BCUT2D eigenvalue weighted by Gasteiger charge is 2.37. The molecule has 4 aromatic rings. The molecule has 6 rings (SSSR count). The molecule has 2 aliphatic rings. The topological polar surface area (TPSA) is 21.6 Å². The Bertz CT molecular complexity index is 1310. The summed E-state index contributed by atoms with van der Waals surface area (Å²) in [6.07, 6.45) is 2.20. The van der Waals surface area contributed by atoms with Crippen LogP contribution in [0.25, 0.3) is 0 Å². The van der Waals surface area contributed by atoms with Crippen LogP contribution in [0, 0.1) is 13.8 Å². The molecule has 4 aromatic carbocycles. The first-order chi connectivity index (χ1) is 16.7. The molecule has 0 unspecified atom stereocenters. The zero-order chi connectivity index (χ0) is 23.1. The molecule has 34 heavy (non-hydrogen) atoms. The van der Waals surface area contributed by atoms with E-state index in [2.05, 4.69) is 111 Å². The van der Waals surface area contributed by atoms with Crippen molar-refractivity contribution in [2.75, 3.05) is 0 Å². The largest absolute Gasteiger partial charge is 0.471 e. The highest BCUT2D eigenvalue weighted by atomic mass is 31.1. The predicted octanol–water partition coefficient (Wildman–Crippen LogP) is 5.89. The molecule has 1 aliphatic carbocycles. The Balaban J connectivity index is 1.47. The van der Waals surface area contributed by atoms with Crippen molar-refractivity contribution < 1.29 is 4.74 Å². The zero-order valence-electron chi connectivity index (χ0n) is 19.6. The average Bonchev–Trinajstić information content (AvgIpc) is 3.32. The van der Waals surface area contributed by atoms with Crippen LogP contribution in [0.5, 0.6) is 0 Å². The van der Waals surface area contributed by atoms with Gasteiger partial charge in [0.2, 0.25) is 5.90 Å². The SMILES string of the molecule is Cc1ccc(P(c2ccc(C)cc2)c2ccccc2C2=N[C@@H]3c4ccccc4CC[C@@H]3O2)cc1. The molecule has 2 nitrogen and oxygen atoms in total. The molecule has 0 saturated carbocycles. The van der Waals surface area contributed by atoms with Crippen molar-refractivity contribution in [3.05, 3.63) is 125 Å². The number of rotatable bonds is 4. The molecule has 1 aliphatic heterocycles. The smallest absolute Gasteiger partial charge is 0.217 e. The number of hydrogen-bond acceptors (Lipinski definition) is 2. The van der Waals surface area contributed by atoms with Gasteiger partial charge in [-0.2, -0.15) is 0 Å². The van der Waals surface area contributed by atoms with Crippen LogP contribution in [0.1, 0.15) is 40.3 Å². The van der Waals surface area contributed by atoms with Crippen LogP contribution in [-0.2, 0) is 11.2 Å². The summed E-state index contributed by atoms with van der Waals surface area (Å²) in [6, 6.07) is 35.5. The molecule has 2 atom stereocenters. The molecule has 0 N–H and O–H groups in total. The van der Waals surface area contributed by atoms with Gasteiger partial charge in [-0.15, -0.1) is 0 Å². The van der Waals surface area contributed by atoms with E-state index in [1.54, 1.807) is 0 Å². The lowest BCUT2D eigenvalue weighted by molar-refractivity contribution is 0.175. The van der Waals surface area contributed by atoms with Crippen LogP contribution >= 0.6 is 7.92 Å². The van der Waals surface area contributed by atoms with Crippen LogP contribution in [0.2, 0.25) is 0 Å². The maximum atomic E-state index is 6.57. The van der Waals surface area contributed by atoms with Crippen LogP contribution in [0.3, 0.4) is 0 Å². The van der Waals surface area contributed by atoms with Gasteiger partial charge in [-0.3, -0.25) is 0 Å². The van der Waals surface area contributed by atoms with Gasteiger partial charge >= 0.3 is 0 Å². The first-order valence-corrected chi connectivity index (χ1v) is 13.4. The van der Waals surface area contributed by atoms with Crippen molar-refractivity contribution in [3.63, 3.8) is 0 Å². The number of fused-ring (bicyclic) bond motifs is 3. The monoisotopic (exact) mass is 461 g/mol. The van der Waals surface area contributed by atoms with Gasteiger partial charge in [-0.05, 0) is 67.7 Å². The van der Waals surface area contributed by atoms with Crippen molar-refractivity contribution in [1.82, 2.24) is 0 Å². The summed E-state index contributed by atoms with van der Waals surface area (Å²) in [6.45, 7) is 4.29. The van der Waals surface area contributed by atoms with Crippen molar-refractivity contribution >= 4 is 29.7 Å². The van der Waals surface area contributed by atoms with Crippen LogP contribution in [0.15, 0.2) is 102 Å². The maximum Gasteiger partial charge on any atom is 0.217 e. The highest BCUT2D eigenvalue weighted by molar-refractivity contribution is 7.80. The Morgan fingerprint density at radius 1 is 0.735 bits per heavy atom. The summed E-state index contributed by atoms with van der Waals surface area (Å²) in [4.78, 5) is 5.19. The Kier molecular flexibility index (Phi) is 5.55. The summed E-state index contributed by atoms with van der Waals surface area (Å²) < 4.78 is 6.57.